The van der Waals surface area contributed by atoms with E-state index in [1.54, 1.807) is 13.2 Å². The Bertz CT molecular complexity index is 479. The second-order valence-corrected chi connectivity index (χ2v) is 4.50. The van der Waals surface area contributed by atoms with Crippen molar-refractivity contribution >= 4 is 11.8 Å². The van der Waals surface area contributed by atoms with Crippen molar-refractivity contribution in [3.63, 3.8) is 0 Å². The zero-order valence-corrected chi connectivity index (χ0v) is 10.6. The summed E-state index contributed by atoms with van der Waals surface area (Å²) < 4.78 is 9.75. The van der Waals surface area contributed by atoms with Crippen LogP contribution in [0, 0.1) is 5.92 Å². The van der Waals surface area contributed by atoms with Crippen LogP contribution in [0.1, 0.15) is 28.8 Å². The summed E-state index contributed by atoms with van der Waals surface area (Å²) in [6, 6.07) is 5.51. The number of benzene rings is 1. The van der Waals surface area contributed by atoms with Gasteiger partial charge in [-0.1, -0.05) is 6.07 Å². The normalized spacial score (nSPS) is 18.1. The average Bonchev–Trinajstić information content (AvgIpc) is 2.38. The van der Waals surface area contributed by atoms with Crippen molar-refractivity contribution in [2.45, 2.75) is 19.3 Å². The number of fused-ring (bicyclic) bond motifs is 1. The van der Waals surface area contributed by atoms with E-state index in [9.17, 15) is 9.59 Å². The summed E-state index contributed by atoms with van der Waals surface area (Å²) in [5, 5.41) is 0. The van der Waals surface area contributed by atoms with Gasteiger partial charge in [-0.2, -0.15) is 0 Å². The molecule has 1 aromatic rings. The Balaban J connectivity index is 2.19. The van der Waals surface area contributed by atoms with Gasteiger partial charge >= 0.3 is 5.97 Å². The van der Waals surface area contributed by atoms with Crippen LogP contribution in [0.2, 0.25) is 0 Å². The van der Waals surface area contributed by atoms with Crippen molar-refractivity contribution in [1.29, 1.82) is 0 Å². The highest BCUT2D eigenvalue weighted by atomic mass is 16.5. The van der Waals surface area contributed by atoms with E-state index >= 15 is 0 Å². The molecule has 0 saturated heterocycles. The minimum absolute atomic E-state index is 0.0471. The molecule has 0 heterocycles. The summed E-state index contributed by atoms with van der Waals surface area (Å²) in [5.41, 5.74) is 1.71. The van der Waals surface area contributed by atoms with E-state index in [-0.39, 0.29) is 17.7 Å². The van der Waals surface area contributed by atoms with E-state index in [1.165, 1.54) is 7.11 Å². The van der Waals surface area contributed by atoms with Gasteiger partial charge in [-0.05, 0) is 30.0 Å². The number of ether oxygens (including phenoxy) is 2. The van der Waals surface area contributed by atoms with Crippen molar-refractivity contribution < 1.29 is 19.1 Å². The maximum atomic E-state index is 12.0. The van der Waals surface area contributed by atoms with Crippen molar-refractivity contribution in [2.75, 3.05) is 14.2 Å². The van der Waals surface area contributed by atoms with Crippen LogP contribution in [-0.4, -0.2) is 26.0 Å². The summed E-state index contributed by atoms with van der Waals surface area (Å²) in [6.45, 7) is 0. The van der Waals surface area contributed by atoms with Crippen LogP contribution >= 0.6 is 0 Å². The maximum absolute atomic E-state index is 12.0. The standard InChI is InChI=1S/C14H16O4/c1-17-11-4-3-10-5-9(7-14(16)18-2)6-13(15)12(10)8-11/h3-4,8-9H,5-7H2,1-2H3. The molecule has 0 N–H and O–H groups in total. The van der Waals surface area contributed by atoms with E-state index in [0.717, 1.165) is 17.5 Å². The SMILES string of the molecule is COC(=O)CC1CC(=O)c2cc(OC)ccc2C1. The van der Waals surface area contributed by atoms with Crippen LogP contribution in [0.5, 0.6) is 5.75 Å². The number of Topliss-reactive ketones (excluding diaryl/α,β-unsaturated/α-hetero) is 1. The first-order valence-corrected chi connectivity index (χ1v) is 5.91. The van der Waals surface area contributed by atoms with Gasteiger partial charge in [0.1, 0.15) is 5.75 Å². The lowest BCUT2D eigenvalue weighted by molar-refractivity contribution is -0.141. The van der Waals surface area contributed by atoms with Crippen molar-refractivity contribution in [3.05, 3.63) is 29.3 Å². The number of hydrogen-bond donors (Lipinski definition) is 0. The van der Waals surface area contributed by atoms with Crippen LogP contribution in [0.4, 0.5) is 0 Å². The molecule has 1 atom stereocenters. The highest BCUT2D eigenvalue weighted by molar-refractivity contribution is 5.99. The van der Waals surface area contributed by atoms with Gasteiger partial charge < -0.3 is 9.47 Å². The molecule has 1 aromatic carbocycles. The van der Waals surface area contributed by atoms with Crippen molar-refractivity contribution in [3.8, 4) is 5.75 Å². The van der Waals surface area contributed by atoms with Crippen LogP contribution in [0.25, 0.3) is 0 Å². The van der Waals surface area contributed by atoms with Gasteiger partial charge in [0.05, 0.1) is 14.2 Å². The molecule has 0 spiro atoms. The largest absolute Gasteiger partial charge is 0.497 e. The highest BCUT2D eigenvalue weighted by Crippen LogP contribution is 2.30. The van der Waals surface area contributed by atoms with Gasteiger partial charge in [-0.15, -0.1) is 0 Å². The van der Waals surface area contributed by atoms with Gasteiger partial charge in [0.25, 0.3) is 0 Å². The van der Waals surface area contributed by atoms with Crippen molar-refractivity contribution in [2.24, 2.45) is 5.92 Å². The smallest absolute Gasteiger partial charge is 0.305 e. The topological polar surface area (TPSA) is 52.6 Å². The molecular weight excluding hydrogens is 232 g/mol. The Morgan fingerprint density at radius 1 is 1.33 bits per heavy atom. The summed E-state index contributed by atoms with van der Waals surface area (Å²) >= 11 is 0. The predicted octanol–water partition coefficient (Wildman–Crippen LogP) is 2.00. The highest BCUT2D eigenvalue weighted by Gasteiger charge is 2.27. The molecule has 0 saturated carbocycles. The minimum atomic E-state index is -0.259. The first-order chi connectivity index (χ1) is 8.63. The van der Waals surface area contributed by atoms with Crippen LogP contribution in [-0.2, 0) is 16.0 Å². The summed E-state index contributed by atoms with van der Waals surface area (Å²) in [5.74, 6) is 0.549. The molecule has 4 heteroatoms. The number of carbonyl (C=O) groups is 2. The lowest BCUT2D eigenvalue weighted by atomic mass is 9.81. The van der Waals surface area contributed by atoms with Crippen LogP contribution in [0.15, 0.2) is 18.2 Å². The Morgan fingerprint density at radius 2 is 2.11 bits per heavy atom. The van der Waals surface area contributed by atoms with Gasteiger partial charge in [-0.25, -0.2) is 0 Å². The molecule has 0 bridgehead atoms. The van der Waals surface area contributed by atoms with E-state index < -0.39 is 0 Å². The predicted molar refractivity (Wildman–Crippen MR) is 65.8 cm³/mol. The zero-order chi connectivity index (χ0) is 13.1. The van der Waals surface area contributed by atoms with Crippen LogP contribution in [0.3, 0.4) is 0 Å². The monoisotopic (exact) mass is 248 g/mol. The average molecular weight is 248 g/mol. The Hall–Kier alpha value is -1.84. The fourth-order valence-corrected chi connectivity index (χ4v) is 2.34. The quantitative estimate of drug-likeness (QED) is 0.768. The molecule has 0 fully saturated rings. The molecule has 18 heavy (non-hydrogen) atoms. The molecule has 96 valence electrons. The third kappa shape index (κ3) is 2.53. The molecule has 4 nitrogen and oxygen atoms in total. The molecular formula is C14H16O4. The van der Waals surface area contributed by atoms with Gasteiger partial charge in [0, 0.05) is 18.4 Å². The molecule has 0 aliphatic heterocycles. The lowest BCUT2D eigenvalue weighted by Crippen LogP contribution is -2.22. The second kappa shape index (κ2) is 5.21. The van der Waals surface area contributed by atoms with Gasteiger partial charge in [-0.3, -0.25) is 9.59 Å². The fourth-order valence-electron chi connectivity index (χ4n) is 2.34. The van der Waals surface area contributed by atoms with E-state index in [2.05, 4.69) is 4.74 Å². The summed E-state index contributed by atoms with van der Waals surface area (Å²) in [7, 11) is 2.95. The Kier molecular flexibility index (Phi) is 3.65. The molecule has 1 aliphatic carbocycles. The van der Waals surface area contributed by atoms with Crippen LogP contribution < -0.4 is 4.74 Å². The first-order valence-electron chi connectivity index (χ1n) is 5.91. The van der Waals surface area contributed by atoms with E-state index in [0.29, 0.717) is 18.6 Å². The minimum Gasteiger partial charge on any atom is -0.497 e. The molecule has 1 unspecified atom stereocenters. The van der Waals surface area contributed by atoms with Gasteiger partial charge in [0.15, 0.2) is 5.78 Å². The first kappa shape index (κ1) is 12.6. The Morgan fingerprint density at radius 3 is 2.78 bits per heavy atom. The number of ketones is 1. The lowest BCUT2D eigenvalue weighted by Gasteiger charge is -2.23. The fraction of sp³-hybridized carbons (Fsp3) is 0.429. The molecule has 1 aliphatic rings. The number of carbonyl (C=O) groups excluding carboxylic acids is 2. The summed E-state index contributed by atoms with van der Waals surface area (Å²) in [4.78, 5) is 23.3. The molecule has 0 aromatic heterocycles. The third-order valence-corrected chi connectivity index (χ3v) is 3.28. The number of methoxy groups -OCH3 is 2. The van der Waals surface area contributed by atoms with E-state index in [4.69, 9.17) is 4.74 Å². The molecule has 0 amide bonds. The van der Waals surface area contributed by atoms with Crippen molar-refractivity contribution in [1.82, 2.24) is 0 Å². The van der Waals surface area contributed by atoms with Gasteiger partial charge in [0.2, 0.25) is 0 Å². The second-order valence-electron chi connectivity index (χ2n) is 4.50. The summed E-state index contributed by atoms with van der Waals surface area (Å²) in [6.07, 6.45) is 1.43. The Labute approximate surface area is 106 Å². The van der Waals surface area contributed by atoms with E-state index in [1.807, 2.05) is 12.1 Å². The zero-order valence-electron chi connectivity index (χ0n) is 10.6. The number of esters is 1. The molecule has 2 rings (SSSR count). The number of hydrogen-bond acceptors (Lipinski definition) is 4. The third-order valence-electron chi connectivity index (χ3n) is 3.28. The molecule has 0 radical (unpaired) electrons. The number of rotatable bonds is 3. The maximum Gasteiger partial charge on any atom is 0.305 e.